The Morgan fingerprint density at radius 3 is 2.83 bits per heavy atom. The van der Waals surface area contributed by atoms with Gasteiger partial charge in [0.15, 0.2) is 0 Å². The molecule has 4 nitrogen and oxygen atoms in total. The highest BCUT2D eigenvalue weighted by Crippen LogP contribution is 2.11. The molecule has 0 aliphatic rings. The second-order valence-electron chi connectivity index (χ2n) is 2.28. The van der Waals surface area contributed by atoms with E-state index in [1.54, 1.807) is 30.3 Å². The number of para-hydroxylation sites is 2. The maximum Gasteiger partial charge on any atom is 0.468 e. The zero-order chi connectivity index (χ0) is 8.55. The van der Waals surface area contributed by atoms with Gasteiger partial charge in [-0.1, -0.05) is 12.1 Å². The number of fused-ring (bicyclic) bond motifs is 1. The summed E-state index contributed by atoms with van der Waals surface area (Å²) in [6, 6.07) is 8.37. The van der Waals surface area contributed by atoms with Crippen molar-refractivity contribution in [3.63, 3.8) is 0 Å². The molecule has 1 aromatic carbocycles. The van der Waals surface area contributed by atoms with Gasteiger partial charge in [0.25, 0.3) is 5.52 Å². The minimum atomic E-state index is -0.226. The van der Waals surface area contributed by atoms with Crippen LogP contribution in [0.2, 0.25) is 0 Å². The third-order valence-corrected chi connectivity index (χ3v) is 1.57. The monoisotopic (exact) mass is 160 g/mol. The lowest BCUT2D eigenvalue weighted by molar-refractivity contribution is -0.586. The summed E-state index contributed by atoms with van der Waals surface area (Å²) in [4.78, 5) is 0. The predicted octanol–water partition coefficient (Wildman–Crippen LogP) is 0.938. The van der Waals surface area contributed by atoms with Gasteiger partial charge in [0, 0.05) is 6.07 Å². The number of hydrogen-bond acceptors (Lipinski definition) is 3. The minimum Gasteiger partial charge on any atom is -0.615 e. The van der Waals surface area contributed by atoms with Crippen LogP contribution in [0, 0.1) is 16.5 Å². The number of benzene rings is 1. The molecule has 0 fully saturated rings. The highest BCUT2D eigenvalue weighted by molar-refractivity contribution is 5.68. The first kappa shape index (κ1) is 6.68. The fourth-order valence-electron chi connectivity index (χ4n) is 1.03. The zero-order valence-electron chi connectivity index (χ0n) is 6.02. The van der Waals surface area contributed by atoms with E-state index in [0.717, 1.165) is 0 Å². The molecule has 2 rings (SSSR count). The summed E-state index contributed by atoms with van der Waals surface area (Å²) in [5.41, 5.74) is 0.818. The van der Waals surface area contributed by atoms with Crippen molar-refractivity contribution in [2.75, 3.05) is 0 Å². The van der Waals surface area contributed by atoms with E-state index in [2.05, 4.69) is 0 Å². The molecule has 0 unspecified atom stereocenters. The van der Waals surface area contributed by atoms with E-state index in [9.17, 15) is 5.21 Å². The SMILES string of the molecule is N#Cc1oc2ccccc2[n+]1[O-]. The first-order chi connectivity index (χ1) is 5.83. The van der Waals surface area contributed by atoms with Gasteiger partial charge in [-0.3, -0.25) is 0 Å². The van der Waals surface area contributed by atoms with Crippen molar-refractivity contribution in [1.29, 1.82) is 5.26 Å². The molecule has 4 heteroatoms. The van der Waals surface area contributed by atoms with Crippen molar-refractivity contribution >= 4 is 11.1 Å². The van der Waals surface area contributed by atoms with Crippen LogP contribution < -0.4 is 4.73 Å². The highest BCUT2D eigenvalue weighted by Gasteiger charge is 2.15. The standard InChI is InChI=1S/C8H4N2O2/c9-5-8-10(11)6-3-1-2-4-7(6)12-8/h1-4H. The lowest BCUT2D eigenvalue weighted by Gasteiger charge is -1.87. The highest BCUT2D eigenvalue weighted by atomic mass is 16.5. The Bertz CT molecular complexity index is 467. The summed E-state index contributed by atoms with van der Waals surface area (Å²) in [6.07, 6.45) is 0. The van der Waals surface area contributed by atoms with E-state index in [1.165, 1.54) is 0 Å². The maximum atomic E-state index is 11.2. The second-order valence-corrected chi connectivity index (χ2v) is 2.28. The van der Waals surface area contributed by atoms with Crippen molar-refractivity contribution in [3.8, 4) is 6.07 Å². The number of oxazole rings is 1. The first-order valence-corrected chi connectivity index (χ1v) is 3.34. The summed E-state index contributed by atoms with van der Waals surface area (Å²) < 4.78 is 5.42. The van der Waals surface area contributed by atoms with Gasteiger partial charge < -0.3 is 9.62 Å². The normalized spacial score (nSPS) is 9.92. The van der Waals surface area contributed by atoms with Gasteiger partial charge in [0.2, 0.25) is 11.7 Å². The van der Waals surface area contributed by atoms with Crippen LogP contribution in [0.25, 0.3) is 11.1 Å². The predicted molar refractivity (Wildman–Crippen MR) is 39.9 cm³/mol. The lowest BCUT2D eigenvalue weighted by Crippen LogP contribution is -2.27. The Balaban J connectivity index is 2.90. The quantitative estimate of drug-likeness (QED) is 0.425. The molecule has 0 aliphatic carbocycles. The molecule has 0 bridgehead atoms. The van der Waals surface area contributed by atoms with Crippen LogP contribution in [0.15, 0.2) is 28.7 Å². The molecule has 12 heavy (non-hydrogen) atoms. The van der Waals surface area contributed by atoms with Crippen LogP contribution >= 0.6 is 0 Å². The fourth-order valence-corrected chi connectivity index (χ4v) is 1.03. The molecule has 2 aromatic rings. The molecule has 0 saturated carbocycles. The Kier molecular flexibility index (Phi) is 1.25. The summed E-state index contributed by atoms with van der Waals surface area (Å²) in [5.74, 6) is -0.226. The van der Waals surface area contributed by atoms with Gasteiger partial charge >= 0.3 is 5.89 Å². The average molecular weight is 160 g/mol. The number of hydrogen-bond donors (Lipinski definition) is 0. The second kappa shape index (κ2) is 2.24. The van der Waals surface area contributed by atoms with E-state index in [4.69, 9.17) is 9.68 Å². The minimum absolute atomic E-state index is 0.226. The number of aromatic nitrogens is 1. The Hall–Kier alpha value is -2.02. The topological polar surface area (TPSA) is 63.9 Å². The molecule has 0 saturated heterocycles. The summed E-state index contributed by atoms with van der Waals surface area (Å²) in [5, 5.41) is 19.6. The van der Waals surface area contributed by atoms with E-state index in [-0.39, 0.29) is 5.89 Å². The number of rotatable bonds is 0. The molecule has 58 valence electrons. The van der Waals surface area contributed by atoms with E-state index in [0.29, 0.717) is 15.8 Å². The molecule has 0 N–H and O–H groups in total. The van der Waals surface area contributed by atoms with Gasteiger partial charge in [-0.25, -0.2) is 0 Å². The van der Waals surface area contributed by atoms with Crippen molar-refractivity contribution in [2.45, 2.75) is 0 Å². The smallest absolute Gasteiger partial charge is 0.468 e. The fraction of sp³-hybridized carbons (Fsp3) is 0. The first-order valence-electron chi connectivity index (χ1n) is 3.34. The molecule has 0 radical (unpaired) electrons. The van der Waals surface area contributed by atoms with Crippen molar-refractivity contribution in [3.05, 3.63) is 35.4 Å². The Morgan fingerprint density at radius 2 is 2.17 bits per heavy atom. The van der Waals surface area contributed by atoms with Gasteiger partial charge in [-0.05, 0) is 6.07 Å². The molecule has 1 heterocycles. The van der Waals surface area contributed by atoms with Gasteiger partial charge in [0.1, 0.15) is 0 Å². The molecule has 0 amide bonds. The zero-order valence-corrected chi connectivity index (χ0v) is 6.02. The van der Waals surface area contributed by atoms with Gasteiger partial charge in [-0.15, -0.1) is 4.73 Å². The van der Waals surface area contributed by atoms with E-state index >= 15 is 0 Å². The summed E-state index contributed by atoms with van der Waals surface area (Å²) >= 11 is 0. The van der Waals surface area contributed by atoms with Crippen molar-refractivity contribution in [1.82, 2.24) is 0 Å². The van der Waals surface area contributed by atoms with Gasteiger partial charge in [0.05, 0.1) is 0 Å². The van der Waals surface area contributed by atoms with Crippen LogP contribution in [0.5, 0.6) is 0 Å². The largest absolute Gasteiger partial charge is 0.615 e. The number of nitrogens with zero attached hydrogens (tertiary/aromatic N) is 2. The molecular weight excluding hydrogens is 156 g/mol. The lowest BCUT2D eigenvalue weighted by atomic mass is 10.3. The van der Waals surface area contributed by atoms with E-state index < -0.39 is 0 Å². The van der Waals surface area contributed by atoms with Crippen LogP contribution in [0.4, 0.5) is 0 Å². The average Bonchev–Trinajstić information content (AvgIpc) is 2.44. The molecular formula is C8H4N2O2. The number of nitriles is 1. The molecule has 0 spiro atoms. The maximum absolute atomic E-state index is 11.2. The Labute approximate surface area is 67.8 Å². The third kappa shape index (κ3) is 0.736. The molecule has 1 aromatic heterocycles. The van der Waals surface area contributed by atoms with E-state index in [1.807, 2.05) is 0 Å². The van der Waals surface area contributed by atoms with Gasteiger partial charge in [-0.2, -0.15) is 5.26 Å². The van der Waals surface area contributed by atoms with Crippen LogP contribution in [0.3, 0.4) is 0 Å². The summed E-state index contributed by atoms with van der Waals surface area (Å²) in [7, 11) is 0. The summed E-state index contributed by atoms with van der Waals surface area (Å²) in [6.45, 7) is 0. The Morgan fingerprint density at radius 1 is 1.42 bits per heavy atom. The van der Waals surface area contributed by atoms with Crippen molar-refractivity contribution < 1.29 is 9.15 Å². The van der Waals surface area contributed by atoms with Crippen LogP contribution in [-0.4, -0.2) is 0 Å². The molecule has 0 atom stereocenters. The van der Waals surface area contributed by atoms with Crippen molar-refractivity contribution in [2.24, 2.45) is 0 Å². The molecule has 0 aliphatic heterocycles. The van der Waals surface area contributed by atoms with Crippen LogP contribution in [-0.2, 0) is 0 Å². The third-order valence-electron chi connectivity index (χ3n) is 1.57. The van der Waals surface area contributed by atoms with Crippen LogP contribution in [0.1, 0.15) is 5.89 Å².